The molecule has 1 unspecified atom stereocenters. The Labute approximate surface area is 92.3 Å². The van der Waals surface area contributed by atoms with Gasteiger partial charge in [0.05, 0.1) is 0 Å². The smallest absolute Gasteiger partial charge is 0.0386 e. The maximum Gasteiger partial charge on any atom is 0.0386 e. The summed E-state index contributed by atoms with van der Waals surface area (Å²) in [6.45, 7) is 4.81. The van der Waals surface area contributed by atoms with Crippen molar-refractivity contribution in [2.24, 2.45) is 0 Å². The van der Waals surface area contributed by atoms with Gasteiger partial charge in [0.25, 0.3) is 0 Å². The maximum atomic E-state index is 3.27. The molecular weight excluding hydrogens is 184 g/mol. The standard InChI is InChI=1S/C13H20N2/c1-11(15-9-5-6-10-15)12-7-3-4-8-13(12)14-2/h3-4,7-8,11,14H,5-6,9-10H2,1-2H3. The number of anilines is 1. The molecule has 0 amide bonds. The van der Waals surface area contributed by atoms with Crippen LogP contribution < -0.4 is 5.32 Å². The van der Waals surface area contributed by atoms with E-state index < -0.39 is 0 Å². The van der Waals surface area contributed by atoms with Crippen molar-refractivity contribution in [3.8, 4) is 0 Å². The first-order valence-electron chi connectivity index (χ1n) is 5.83. The Bertz CT molecular complexity index is 316. The Kier molecular flexibility index (Phi) is 3.27. The molecule has 1 aromatic rings. The molecule has 1 saturated heterocycles. The van der Waals surface area contributed by atoms with Crippen LogP contribution in [0.15, 0.2) is 24.3 Å². The molecule has 0 aromatic heterocycles. The van der Waals surface area contributed by atoms with Crippen LogP contribution in [0.1, 0.15) is 31.4 Å². The molecule has 1 aromatic carbocycles. The van der Waals surface area contributed by atoms with Crippen LogP contribution in [-0.4, -0.2) is 25.0 Å². The fourth-order valence-corrected chi connectivity index (χ4v) is 2.41. The lowest BCUT2D eigenvalue weighted by Gasteiger charge is -2.25. The molecule has 1 heterocycles. The summed E-state index contributed by atoms with van der Waals surface area (Å²) in [6.07, 6.45) is 2.71. The Balaban J connectivity index is 2.19. The average Bonchev–Trinajstić information content (AvgIpc) is 2.81. The van der Waals surface area contributed by atoms with Gasteiger partial charge in [-0.25, -0.2) is 0 Å². The van der Waals surface area contributed by atoms with E-state index in [0.717, 1.165) is 0 Å². The zero-order valence-corrected chi connectivity index (χ0v) is 9.66. The van der Waals surface area contributed by atoms with E-state index in [4.69, 9.17) is 0 Å². The molecule has 0 bridgehead atoms. The fourth-order valence-electron chi connectivity index (χ4n) is 2.41. The fraction of sp³-hybridized carbons (Fsp3) is 0.538. The molecule has 0 saturated carbocycles. The molecular formula is C13H20N2. The summed E-state index contributed by atoms with van der Waals surface area (Å²) in [4.78, 5) is 2.57. The lowest BCUT2D eigenvalue weighted by atomic mass is 10.1. The largest absolute Gasteiger partial charge is 0.388 e. The number of hydrogen-bond donors (Lipinski definition) is 1. The Morgan fingerprint density at radius 3 is 2.53 bits per heavy atom. The molecule has 1 aliphatic heterocycles. The van der Waals surface area contributed by atoms with E-state index in [2.05, 4.69) is 41.4 Å². The summed E-state index contributed by atoms with van der Waals surface area (Å²) in [6, 6.07) is 9.14. The van der Waals surface area contributed by atoms with E-state index in [1.54, 1.807) is 0 Å². The van der Waals surface area contributed by atoms with Crippen molar-refractivity contribution in [2.45, 2.75) is 25.8 Å². The summed E-state index contributed by atoms with van der Waals surface area (Å²) in [5, 5.41) is 3.27. The zero-order chi connectivity index (χ0) is 10.7. The highest BCUT2D eigenvalue weighted by Gasteiger charge is 2.20. The van der Waals surface area contributed by atoms with E-state index in [0.29, 0.717) is 6.04 Å². The van der Waals surface area contributed by atoms with Crippen LogP contribution in [0.4, 0.5) is 5.69 Å². The molecule has 82 valence electrons. The van der Waals surface area contributed by atoms with Crippen LogP contribution in [-0.2, 0) is 0 Å². The molecule has 15 heavy (non-hydrogen) atoms. The van der Waals surface area contributed by atoms with Gasteiger partial charge in [0.2, 0.25) is 0 Å². The summed E-state index contributed by atoms with van der Waals surface area (Å²) < 4.78 is 0. The predicted molar refractivity (Wildman–Crippen MR) is 65.2 cm³/mol. The topological polar surface area (TPSA) is 15.3 Å². The van der Waals surface area contributed by atoms with Crippen molar-refractivity contribution in [3.05, 3.63) is 29.8 Å². The summed E-state index contributed by atoms with van der Waals surface area (Å²) in [5.74, 6) is 0. The zero-order valence-electron chi connectivity index (χ0n) is 9.66. The van der Waals surface area contributed by atoms with E-state index in [-0.39, 0.29) is 0 Å². The average molecular weight is 204 g/mol. The number of nitrogens with zero attached hydrogens (tertiary/aromatic N) is 1. The third kappa shape index (κ3) is 2.15. The molecule has 1 fully saturated rings. The van der Waals surface area contributed by atoms with Gasteiger partial charge < -0.3 is 5.32 Å². The van der Waals surface area contributed by atoms with Crippen LogP contribution >= 0.6 is 0 Å². The molecule has 2 heteroatoms. The van der Waals surface area contributed by atoms with Crippen molar-refractivity contribution < 1.29 is 0 Å². The molecule has 1 atom stereocenters. The molecule has 0 radical (unpaired) electrons. The highest BCUT2D eigenvalue weighted by molar-refractivity contribution is 5.51. The van der Waals surface area contributed by atoms with Gasteiger partial charge in [0, 0.05) is 18.8 Å². The molecule has 1 N–H and O–H groups in total. The van der Waals surface area contributed by atoms with Crippen molar-refractivity contribution >= 4 is 5.69 Å². The first-order valence-corrected chi connectivity index (χ1v) is 5.83. The number of nitrogens with one attached hydrogen (secondary N) is 1. The summed E-state index contributed by atoms with van der Waals surface area (Å²) in [5.41, 5.74) is 2.68. The molecule has 1 aliphatic rings. The van der Waals surface area contributed by atoms with Crippen molar-refractivity contribution in [1.29, 1.82) is 0 Å². The minimum atomic E-state index is 0.538. The van der Waals surface area contributed by atoms with Crippen LogP contribution in [0.3, 0.4) is 0 Å². The van der Waals surface area contributed by atoms with Gasteiger partial charge in [-0.15, -0.1) is 0 Å². The Morgan fingerprint density at radius 2 is 1.87 bits per heavy atom. The van der Waals surface area contributed by atoms with Gasteiger partial charge >= 0.3 is 0 Å². The van der Waals surface area contributed by atoms with E-state index in [9.17, 15) is 0 Å². The van der Waals surface area contributed by atoms with Crippen LogP contribution in [0, 0.1) is 0 Å². The first-order chi connectivity index (χ1) is 7.33. The number of hydrogen-bond acceptors (Lipinski definition) is 2. The molecule has 0 spiro atoms. The van der Waals surface area contributed by atoms with Crippen molar-refractivity contribution in [3.63, 3.8) is 0 Å². The number of benzene rings is 1. The van der Waals surface area contributed by atoms with Crippen LogP contribution in [0.25, 0.3) is 0 Å². The van der Waals surface area contributed by atoms with Gasteiger partial charge in [0.15, 0.2) is 0 Å². The number of likely N-dealkylation sites (tertiary alicyclic amines) is 1. The quantitative estimate of drug-likeness (QED) is 0.814. The highest BCUT2D eigenvalue weighted by Crippen LogP contribution is 2.29. The second-order valence-electron chi connectivity index (χ2n) is 4.26. The number of para-hydroxylation sites is 1. The van der Waals surface area contributed by atoms with Crippen molar-refractivity contribution in [2.75, 3.05) is 25.5 Å². The summed E-state index contributed by atoms with van der Waals surface area (Å²) in [7, 11) is 2.00. The minimum Gasteiger partial charge on any atom is -0.388 e. The van der Waals surface area contributed by atoms with Gasteiger partial charge in [0.1, 0.15) is 0 Å². The Morgan fingerprint density at radius 1 is 1.20 bits per heavy atom. The second kappa shape index (κ2) is 4.67. The third-order valence-electron chi connectivity index (χ3n) is 3.37. The van der Waals surface area contributed by atoms with Gasteiger partial charge in [-0.2, -0.15) is 0 Å². The minimum absolute atomic E-state index is 0.538. The van der Waals surface area contributed by atoms with Crippen LogP contribution in [0.5, 0.6) is 0 Å². The summed E-state index contributed by atoms with van der Waals surface area (Å²) >= 11 is 0. The lowest BCUT2D eigenvalue weighted by Crippen LogP contribution is -2.23. The monoisotopic (exact) mass is 204 g/mol. The molecule has 2 nitrogen and oxygen atoms in total. The second-order valence-corrected chi connectivity index (χ2v) is 4.26. The first kappa shape index (κ1) is 10.5. The highest BCUT2D eigenvalue weighted by atomic mass is 15.2. The normalized spacial score (nSPS) is 19.1. The molecule has 2 rings (SSSR count). The number of rotatable bonds is 3. The predicted octanol–water partition coefficient (Wildman–Crippen LogP) is 2.89. The van der Waals surface area contributed by atoms with Gasteiger partial charge in [-0.1, -0.05) is 18.2 Å². The maximum absolute atomic E-state index is 3.27. The third-order valence-corrected chi connectivity index (χ3v) is 3.37. The molecule has 0 aliphatic carbocycles. The lowest BCUT2D eigenvalue weighted by molar-refractivity contribution is 0.264. The van der Waals surface area contributed by atoms with E-state index in [1.807, 2.05) is 7.05 Å². The van der Waals surface area contributed by atoms with Gasteiger partial charge in [-0.3, -0.25) is 4.90 Å². The SMILES string of the molecule is CNc1ccccc1C(C)N1CCCC1. The van der Waals surface area contributed by atoms with E-state index >= 15 is 0 Å². The Hall–Kier alpha value is -1.02. The van der Waals surface area contributed by atoms with Crippen LogP contribution in [0.2, 0.25) is 0 Å². The van der Waals surface area contributed by atoms with Gasteiger partial charge in [-0.05, 0) is 44.5 Å². The van der Waals surface area contributed by atoms with E-state index in [1.165, 1.54) is 37.2 Å². The van der Waals surface area contributed by atoms with Crippen molar-refractivity contribution in [1.82, 2.24) is 4.90 Å².